The maximum atomic E-state index is 12.1. The second kappa shape index (κ2) is 2.84. The van der Waals surface area contributed by atoms with Crippen LogP contribution in [0.15, 0.2) is 11.6 Å². The molecule has 4 fully saturated rings. The molecule has 0 amide bonds. The fourth-order valence-corrected chi connectivity index (χ4v) is 6.13. The zero-order valence-electron chi connectivity index (χ0n) is 10.3. The molecule has 0 radical (unpaired) electrons. The summed E-state index contributed by atoms with van der Waals surface area (Å²) in [5.74, 6) is 2.95. The van der Waals surface area contributed by atoms with Gasteiger partial charge in [0, 0.05) is 6.42 Å². The van der Waals surface area contributed by atoms with E-state index >= 15 is 0 Å². The minimum atomic E-state index is -0.258. The zero-order chi connectivity index (χ0) is 12.1. The lowest BCUT2D eigenvalue weighted by Crippen LogP contribution is -2.41. The van der Waals surface area contributed by atoms with Crippen LogP contribution < -0.4 is 0 Å². The number of cyclic esters (lactones) is 1. The molecular weight excluding hydrogens is 228 g/mol. The van der Waals surface area contributed by atoms with Gasteiger partial charge in [-0.25, -0.2) is 0 Å². The van der Waals surface area contributed by atoms with Crippen molar-refractivity contribution < 1.29 is 14.6 Å². The summed E-state index contributed by atoms with van der Waals surface area (Å²) in [6.07, 6.45) is 6.33. The maximum absolute atomic E-state index is 12.1. The van der Waals surface area contributed by atoms with Crippen LogP contribution in [0.2, 0.25) is 0 Å². The highest BCUT2D eigenvalue weighted by atomic mass is 16.5. The van der Waals surface area contributed by atoms with Gasteiger partial charge in [0.05, 0.1) is 18.1 Å². The molecule has 0 aromatic carbocycles. The Labute approximate surface area is 106 Å². The number of fused-ring (bicyclic) bond motifs is 10. The van der Waals surface area contributed by atoms with Gasteiger partial charge >= 0.3 is 5.97 Å². The summed E-state index contributed by atoms with van der Waals surface area (Å²) in [6, 6.07) is 0. The lowest BCUT2D eigenvalue weighted by molar-refractivity contribution is -0.147. The van der Waals surface area contributed by atoms with Gasteiger partial charge in [-0.2, -0.15) is 0 Å². The molecule has 1 heterocycles. The fraction of sp³-hybridized carbons (Fsp3) is 0.800. The minimum absolute atomic E-state index is 0.0317. The van der Waals surface area contributed by atoms with Crippen molar-refractivity contribution in [1.29, 1.82) is 0 Å². The van der Waals surface area contributed by atoms with E-state index in [1.165, 1.54) is 12.0 Å². The molecule has 5 aliphatic rings. The molecular formula is C15H18O3. The molecule has 3 heteroatoms. The lowest BCUT2D eigenvalue weighted by atomic mass is 9.63. The molecule has 1 aliphatic heterocycles. The SMILES string of the molecule is O=C1OCC[C@]12C=C1CC2C2C3CC(O)C(C3)C12. The third kappa shape index (κ3) is 0.870. The largest absolute Gasteiger partial charge is 0.465 e. The Bertz CT molecular complexity index is 482. The van der Waals surface area contributed by atoms with Crippen LogP contribution in [0.1, 0.15) is 25.7 Å². The van der Waals surface area contributed by atoms with E-state index in [0.717, 1.165) is 19.3 Å². The van der Waals surface area contributed by atoms with Gasteiger partial charge in [-0.3, -0.25) is 4.79 Å². The van der Waals surface area contributed by atoms with E-state index in [1.807, 2.05) is 0 Å². The molecule has 7 atom stereocenters. The molecule has 18 heavy (non-hydrogen) atoms. The average molecular weight is 246 g/mol. The van der Waals surface area contributed by atoms with Crippen molar-refractivity contribution in [3.05, 3.63) is 11.6 Å². The molecule has 3 nitrogen and oxygen atoms in total. The van der Waals surface area contributed by atoms with Gasteiger partial charge in [0.15, 0.2) is 0 Å². The summed E-state index contributed by atoms with van der Waals surface area (Å²) in [5.41, 5.74) is 1.22. The number of aliphatic hydroxyl groups is 1. The summed E-state index contributed by atoms with van der Waals surface area (Å²) in [6.45, 7) is 0.604. The van der Waals surface area contributed by atoms with Gasteiger partial charge in [-0.1, -0.05) is 11.6 Å². The van der Waals surface area contributed by atoms with Crippen molar-refractivity contribution in [3.63, 3.8) is 0 Å². The second-order valence-corrected chi connectivity index (χ2v) is 7.02. The Hall–Kier alpha value is -0.830. The number of carbonyl (C=O) groups excluding carboxylic acids is 1. The van der Waals surface area contributed by atoms with Crippen molar-refractivity contribution in [1.82, 2.24) is 0 Å². The molecule has 0 aromatic heterocycles. The van der Waals surface area contributed by atoms with Gasteiger partial charge < -0.3 is 9.84 Å². The zero-order valence-corrected chi connectivity index (χ0v) is 10.3. The number of hydrogen-bond donors (Lipinski definition) is 1. The van der Waals surface area contributed by atoms with Gasteiger partial charge in [-0.05, 0) is 48.9 Å². The Morgan fingerprint density at radius 2 is 2.28 bits per heavy atom. The van der Waals surface area contributed by atoms with Gasteiger partial charge in [0.25, 0.3) is 0 Å². The lowest BCUT2D eigenvalue weighted by Gasteiger charge is -2.40. The molecule has 1 saturated heterocycles. The van der Waals surface area contributed by atoms with Crippen LogP contribution in [0.4, 0.5) is 0 Å². The number of allylic oxidation sites excluding steroid dienone is 1. The van der Waals surface area contributed by atoms with Crippen LogP contribution >= 0.6 is 0 Å². The van der Waals surface area contributed by atoms with E-state index in [0.29, 0.717) is 36.2 Å². The highest BCUT2D eigenvalue weighted by molar-refractivity contribution is 5.83. The van der Waals surface area contributed by atoms with Crippen molar-refractivity contribution in [2.75, 3.05) is 6.61 Å². The minimum Gasteiger partial charge on any atom is -0.465 e. The number of esters is 1. The van der Waals surface area contributed by atoms with Gasteiger partial charge in [0.1, 0.15) is 0 Å². The van der Waals surface area contributed by atoms with E-state index in [9.17, 15) is 9.90 Å². The Morgan fingerprint density at radius 1 is 1.39 bits per heavy atom. The van der Waals surface area contributed by atoms with Crippen molar-refractivity contribution in [2.24, 2.45) is 35.0 Å². The molecule has 1 N–H and O–H groups in total. The van der Waals surface area contributed by atoms with Crippen molar-refractivity contribution >= 4 is 5.97 Å². The Balaban J connectivity index is 1.62. The second-order valence-electron chi connectivity index (χ2n) is 7.02. The first-order valence-electron chi connectivity index (χ1n) is 7.27. The van der Waals surface area contributed by atoms with Crippen molar-refractivity contribution in [3.8, 4) is 0 Å². The van der Waals surface area contributed by atoms with Gasteiger partial charge in [0.2, 0.25) is 0 Å². The predicted molar refractivity (Wildman–Crippen MR) is 63.4 cm³/mol. The molecule has 6 unspecified atom stereocenters. The first-order valence-corrected chi connectivity index (χ1v) is 7.27. The van der Waals surface area contributed by atoms with E-state index in [-0.39, 0.29) is 17.5 Å². The van der Waals surface area contributed by atoms with Crippen LogP contribution in [0.5, 0.6) is 0 Å². The third-order valence-corrected chi connectivity index (χ3v) is 6.62. The Morgan fingerprint density at radius 3 is 3.06 bits per heavy atom. The summed E-state index contributed by atoms with van der Waals surface area (Å²) >= 11 is 0. The highest BCUT2D eigenvalue weighted by Gasteiger charge is 2.68. The quantitative estimate of drug-likeness (QED) is 0.400. The van der Waals surface area contributed by atoms with E-state index in [1.54, 1.807) is 0 Å². The maximum Gasteiger partial charge on any atom is 0.316 e. The first kappa shape index (κ1) is 10.0. The number of hydrogen-bond acceptors (Lipinski definition) is 3. The number of aliphatic hydroxyl groups excluding tert-OH is 1. The van der Waals surface area contributed by atoms with Crippen LogP contribution in [0.3, 0.4) is 0 Å². The standard InChI is InChI=1S/C15H18O3/c16-11-5-7-3-9(11)12-8-4-10(13(7)12)15(6-8)1-2-18-14(15)17/h6-7,9-13,16H,1-5H2/t7?,9?,10?,11?,12?,13?,15-/m1/s1. The summed E-state index contributed by atoms with van der Waals surface area (Å²) < 4.78 is 5.26. The first-order chi connectivity index (χ1) is 8.71. The molecule has 1 spiro atoms. The van der Waals surface area contributed by atoms with Crippen LogP contribution in [-0.2, 0) is 9.53 Å². The van der Waals surface area contributed by atoms with E-state index in [4.69, 9.17) is 4.74 Å². The molecule has 0 aromatic rings. The molecule has 5 rings (SSSR count). The number of ether oxygens (including phenoxy) is 1. The molecule has 4 bridgehead atoms. The number of rotatable bonds is 0. The topological polar surface area (TPSA) is 46.5 Å². The normalized spacial score (nSPS) is 59.4. The summed E-state index contributed by atoms with van der Waals surface area (Å²) in [5, 5.41) is 10.1. The summed E-state index contributed by atoms with van der Waals surface area (Å²) in [7, 11) is 0. The molecule has 4 aliphatic carbocycles. The van der Waals surface area contributed by atoms with E-state index in [2.05, 4.69) is 6.08 Å². The van der Waals surface area contributed by atoms with Crippen LogP contribution in [0.25, 0.3) is 0 Å². The van der Waals surface area contributed by atoms with Gasteiger partial charge in [-0.15, -0.1) is 0 Å². The van der Waals surface area contributed by atoms with Crippen LogP contribution in [0, 0.1) is 35.0 Å². The molecule has 3 saturated carbocycles. The summed E-state index contributed by atoms with van der Waals surface area (Å²) in [4.78, 5) is 12.1. The average Bonchev–Trinajstić information content (AvgIpc) is 3.05. The van der Waals surface area contributed by atoms with E-state index < -0.39 is 0 Å². The Kier molecular flexibility index (Phi) is 1.58. The fourth-order valence-electron chi connectivity index (χ4n) is 6.13. The highest BCUT2D eigenvalue weighted by Crippen LogP contribution is 2.70. The predicted octanol–water partition coefficient (Wildman–Crippen LogP) is 1.51. The molecule has 96 valence electrons. The van der Waals surface area contributed by atoms with Crippen molar-refractivity contribution in [2.45, 2.75) is 31.8 Å². The monoisotopic (exact) mass is 246 g/mol. The smallest absolute Gasteiger partial charge is 0.316 e. The number of carbonyl (C=O) groups is 1. The third-order valence-electron chi connectivity index (χ3n) is 6.62. The van der Waals surface area contributed by atoms with Crippen LogP contribution in [-0.4, -0.2) is 23.8 Å².